The summed E-state index contributed by atoms with van der Waals surface area (Å²) in [6.45, 7) is 0. The molecule has 0 amide bonds. The van der Waals surface area contributed by atoms with Crippen molar-refractivity contribution in [2.75, 3.05) is 5.09 Å². The molecule has 0 aliphatic heterocycles. The maximum Gasteiger partial charge on any atom is 0.0625 e. The highest BCUT2D eigenvalue weighted by molar-refractivity contribution is 8.08. The van der Waals surface area contributed by atoms with Crippen molar-refractivity contribution in [2.24, 2.45) is 4.74 Å². The number of para-hydroxylation sites is 1. The van der Waals surface area contributed by atoms with Crippen LogP contribution >= 0.6 is 14.1 Å². The summed E-state index contributed by atoms with van der Waals surface area (Å²) in [5.41, 5.74) is 4.68. The Morgan fingerprint density at radius 1 is 0.390 bits per heavy atom. The van der Waals surface area contributed by atoms with E-state index in [4.69, 9.17) is 4.74 Å². The zero-order chi connectivity index (χ0) is 27.8. The van der Waals surface area contributed by atoms with Crippen molar-refractivity contribution in [1.29, 1.82) is 0 Å². The van der Waals surface area contributed by atoms with E-state index >= 15 is 0 Å². The number of benzene rings is 6. The van der Waals surface area contributed by atoms with Crippen LogP contribution in [0.4, 0.5) is 11.4 Å². The minimum Gasteiger partial charge on any atom is -0.359 e. The van der Waals surface area contributed by atoms with Gasteiger partial charge in [0.1, 0.15) is 0 Å². The van der Waals surface area contributed by atoms with Gasteiger partial charge < -0.3 is 5.09 Å². The van der Waals surface area contributed by atoms with Gasteiger partial charge in [0.05, 0.1) is 12.7 Å². The minimum absolute atomic E-state index is 0.976. The molecule has 0 aromatic heterocycles. The van der Waals surface area contributed by atoms with E-state index in [1.807, 2.05) is 0 Å². The van der Waals surface area contributed by atoms with Crippen molar-refractivity contribution in [2.45, 2.75) is 0 Å². The van der Waals surface area contributed by atoms with Gasteiger partial charge in [-0.05, 0) is 40.4 Å². The summed E-state index contributed by atoms with van der Waals surface area (Å²) in [6.07, 6.45) is 0. The van der Waals surface area contributed by atoms with Crippen molar-refractivity contribution in [3.8, 4) is 0 Å². The lowest BCUT2D eigenvalue weighted by molar-refractivity contribution is 1.56. The topological polar surface area (TPSA) is 24.4 Å². The molecule has 0 aliphatic carbocycles. The highest BCUT2D eigenvalue weighted by atomic mass is 31.2. The fourth-order valence-electron chi connectivity index (χ4n) is 5.14. The molecule has 2 nitrogen and oxygen atoms in total. The molecule has 6 aromatic carbocycles. The summed E-state index contributed by atoms with van der Waals surface area (Å²) < 4.78 is 5.75. The molecule has 0 spiro atoms. The van der Waals surface area contributed by atoms with E-state index in [-0.39, 0.29) is 0 Å². The number of hydrogen-bond acceptors (Lipinski definition) is 2. The van der Waals surface area contributed by atoms with Crippen LogP contribution in [0.2, 0.25) is 0 Å². The molecule has 0 atom stereocenters. The summed E-state index contributed by atoms with van der Waals surface area (Å²) in [5, 5.41) is 9.09. The van der Waals surface area contributed by atoms with Gasteiger partial charge in [-0.25, -0.2) is 0 Å². The van der Waals surface area contributed by atoms with Crippen LogP contribution < -0.4 is 26.3 Å². The molecule has 6 rings (SSSR count). The average molecular weight is 567 g/mol. The zero-order valence-corrected chi connectivity index (χ0v) is 24.5. The molecule has 0 fully saturated rings. The second-order valence-electron chi connectivity index (χ2n) is 9.78. The van der Waals surface area contributed by atoms with Crippen LogP contribution in [0.1, 0.15) is 0 Å². The van der Waals surface area contributed by atoms with Gasteiger partial charge in [-0.1, -0.05) is 158 Å². The molecule has 0 aliphatic rings. The highest BCUT2D eigenvalue weighted by Crippen LogP contribution is 2.57. The smallest absolute Gasteiger partial charge is 0.0625 e. The first-order valence-corrected chi connectivity index (χ1v) is 17.4. The lowest BCUT2D eigenvalue weighted by atomic mass is 10.3. The molecule has 0 unspecified atom stereocenters. The Morgan fingerprint density at radius 3 is 1.15 bits per heavy atom. The largest absolute Gasteiger partial charge is 0.359 e. The molecule has 0 radical (unpaired) electrons. The van der Waals surface area contributed by atoms with Crippen LogP contribution in [0.25, 0.3) is 0 Å². The standard InChI is InChI=1S/C37H32N2P2/c1-7-19-32(20-8-1)38-40(34-23-11-3-12-24-34,35-25-13-4-14-26-35)31-41(36-27-15-5-16-28-36,37-29-17-6-18-30-37)39-33-21-9-2-10-22-33/h1-31,38H. The van der Waals surface area contributed by atoms with Crippen molar-refractivity contribution in [1.82, 2.24) is 0 Å². The van der Waals surface area contributed by atoms with Gasteiger partial charge in [-0.15, -0.1) is 0 Å². The van der Waals surface area contributed by atoms with Crippen LogP contribution in [0.15, 0.2) is 187 Å². The van der Waals surface area contributed by atoms with Crippen molar-refractivity contribution < 1.29 is 0 Å². The van der Waals surface area contributed by atoms with E-state index in [0.29, 0.717) is 0 Å². The van der Waals surface area contributed by atoms with Crippen LogP contribution in [0, 0.1) is 0 Å². The monoisotopic (exact) mass is 566 g/mol. The Balaban J connectivity index is 1.83. The van der Waals surface area contributed by atoms with E-state index in [9.17, 15) is 0 Å². The van der Waals surface area contributed by atoms with Crippen LogP contribution in [-0.2, 0) is 0 Å². The second kappa shape index (κ2) is 12.4. The lowest BCUT2D eigenvalue weighted by Gasteiger charge is -2.34. The van der Waals surface area contributed by atoms with E-state index in [0.717, 1.165) is 11.4 Å². The zero-order valence-electron chi connectivity index (χ0n) is 22.7. The Morgan fingerprint density at radius 2 is 0.732 bits per heavy atom. The maximum atomic E-state index is 5.75. The van der Waals surface area contributed by atoms with Gasteiger partial charge in [-0.3, -0.25) is 4.74 Å². The summed E-state index contributed by atoms with van der Waals surface area (Å²) in [7, 11) is -4.96. The first-order valence-electron chi connectivity index (χ1n) is 13.8. The number of anilines is 1. The maximum absolute atomic E-state index is 5.75. The van der Waals surface area contributed by atoms with Gasteiger partial charge >= 0.3 is 0 Å². The molecule has 41 heavy (non-hydrogen) atoms. The van der Waals surface area contributed by atoms with Gasteiger partial charge in [0.2, 0.25) is 0 Å². The molecule has 0 saturated carbocycles. The minimum atomic E-state index is -2.53. The molecule has 1 N–H and O–H groups in total. The van der Waals surface area contributed by atoms with Gasteiger partial charge in [0.25, 0.3) is 0 Å². The number of rotatable bonds is 8. The third kappa shape index (κ3) is 5.77. The fraction of sp³-hybridized carbons (Fsp3) is 0. The Hall–Kier alpha value is -4.35. The Bertz CT molecular complexity index is 1700. The Kier molecular flexibility index (Phi) is 8.15. The highest BCUT2D eigenvalue weighted by Gasteiger charge is 2.31. The van der Waals surface area contributed by atoms with Gasteiger partial charge in [-0.2, -0.15) is 0 Å². The molecular formula is C37H32N2P2. The van der Waals surface area contributed by atoms with Crippen LogP contribution in [0.3, 0.4) is 0 Å². The SMILES string of the molecule is C(=P(Nc1ccccc1)(c1ccccc1)c1ccccc1)P(=Nc1ccccc1)(c1ccccc1)c1ccccc1. The molecule has 200 valence electrons. The summed E-state index contributed by atoms with van der Waals surface area (Å²) >= 11 is 0. The number of hydrogen-bond donors (Lipinski definition) is 1. The van der Waals surface area contributed by atoms with Crippen LogP contribution in [0.5, 0.6) is 0 Å². The quantitative estimate of drug-likeness (QED) is 0.183. The van der Waals surface area contributed by atoms with Gasteiger partial charge in [0.15, 0.2) is 0 Å². The van der Waals surface area contributed by atoms with Crippen molar-refractivity contribution in [3.05, 3.63) is 182 Å². The first kappa shape index (κ1) is 26.9. The molecule has 6 aromatic rings. The predicted octanol–water partition coefficient (Wildman–Crippen LogP) is 8.63. The van der Waals surface area contributed by atoms with Crippen molar-refractivity contribution in [3.63, 3.8) is 0 Å². The second-order valence-corrected chi connectivity index (χ2v) is 16.0. The predicted molar refractivity (Wildman–Crippen MR) is 183 cm³/mol. The van der Waals surface area contributed by atoms with E-state index in [1.54, 1.807) is 0 Å². The molecular weight excluding hydrogens is 534 g/mol. The third-order valence-corrected chi connectivity index (χ3v) is 15.4. The van der Waals surface area contributed by atoms with Crippen molar-refractivity contribution >= 4 is 52.2 Å². The van der Waals surface area contributed by atoms with E-state index in [2.05, 4.69) is 193 Å². The molecule has 0 saturated heterocycles. The van der Waals surface area contributed by atoms with Crippen LogP contribution in [-0.4, -0.2) is 5.54 Å². The number of nitrogens with zero attached hydrogens (tertiary/aromatic N) is 1. The summed E-state index contributed by atoms with van der Waals surface area (Å²) in [6, 6.07) is 64.5. The van der Waals surface area contributed by atoms with E-state index in [1.165, 1.54) is 21.2 Å². The summed E-state index contributed by atoms with van der Waals surface area (Å²) in [5.74, 6) is 0. The summed E-state index contributed by atoms with van der Waals surface area (Å²) in [4.78, 5) is 0. The average Bonchev–Trinajstić information content (AvgIpc) is 3.06. The Labute approximate surface area is 243 Å². The lowest BCUT2D eigenvalue weighted by Crippen LogP contribution is -2.27. The third-order valence-electron chi connectivity index (χ3n) is 7.08. The molecule has 0 heterocycles. The fourth-order valence-corrected chi connectivity index (χ4v) is 14.4. The van der Waals surface area contributed by atoms with Gasteiger partial charge in [0, 0.05) is 23.3 Å². The molecule has 4 heteroatoms. The molecule has 0 bridgehead atoms. The number of nitrogens with one attached hydrogen (secondary N) is 1. The normalized spacial score (nSPS) is 11.4. The first-order chi connectivity index (χ1) is 20.3. The van der Waals surface area contributed by atoms with E-state index < -0.39 is 14.1 Å².